The van der Waals surface area contributed by atoms with Gasteiger partial charge >= 0.3 is 0 Å². The van der Waals surface area contributed by atoms with Gasteiger partial charge < -0.3 is 10.1 Å². The van der Waals surface area contributed by atoms with Crippen molar-refractivity contribution in [1.29, 1.82) is 0 Å². The van der Waals surface area contributed by atoms with Gasteiger partial charge in [-0.05, 0) is 42.7 Å². The highest BCUT2D eigenvalue weighted by molar-refractivity contribution is 6.35. The van der Waals surface area contributed by atoms with Crippen molar-refractivity contribution in [3.8, 4) is 5.75 Å². The van der Waals surface area contributed by atoms with Gasteiger partial charge in [-0.25, -0.2) is 0 Å². The molecule has 1 aliphatic rings. The molecule has 3 rings (SSSR count). The Hall–Kier alpha value is -1.38. The highest BCUT2D eigenvalue weighted by atomic mass is 35.5. The van der Waals surface area contributed by atoms with Crippen LogP contribution in [0.2, 0.25) is 10.0 Å². The molecule has 4 heteroatoms. The average Bonchev–Trinajstić information content (AvgIpc) is 2.49. The van der Waals surface area contributed by atoms with Crippen LogP contribution < -0.4 is 10.1 Å². The Bertz CT molecular complexity index is 657. The summed E-state index contributed by atoms with van der Waals surface area (Å²) in [5, 5.41) is 4.86. The normalized spacial score (nSPS) is 17.0. The van der Waals surface area contributed by atoms with Crippen LogP contribution in [0.3, 0.4) is 0 Å². The molecule has 0 aromatic heterocycles. The monoisotopic (exact) mass is 321 g/mol. The lowest BCUT2D eigenvalue weighted by atomic mass is 9.93. The molecule has 1 atom stereocenters. The molecule has 0 amide bonds. The van der Waals surface area contributed by atoms with Crippen molar-refractivity contribution in [1.82, 2.24) is 0 Å². The lowest BCUT2D eigenvalue weighted by molar-refractivity contribution is 0.270. The number of rotatable bonds is 3. The van der Waals surface area contributed by atoms with Crippen LogP contribution in [0.15, 0.2) is 36.4 Å². The zero-order chi connectivity index (χ0) is 14.8. The van der Waals surface area contributed by atoms with Crippen LogP contribution in [0.4, 0.5) is 5.69 Å². The first-order valence-electron chi connectivity index (χ1n) is 7.06. The molecule has 0 bridgehead atoms. The number of para-hydroxylation sites is 1. The summed E-state index contributed by atoms with van der Waals surface area (Å²) in [6.07, 6.45) is 1.00. The Morgan fingerprint density at radius 1 is 1.19 bits per heavy atom. The van der Waals surface area contributed by atoms with E-state index in [1.807, 2.05) is 31.2 Å². The topological polar surface area (TPSA) is 21.3 Å². The molecule has 0 saturated carbocycles. The summed E-state index contributed by atoms with van der Waals surface area (Å²) in [6, 6.07) is 12.0. The molecule has 0 fully saturated rings. The summed E-state index contributed by atoms with van der Waals surface area (Å²) in [7, 11) is 0. The number of halogens is 2. The zero-order valence-corrected chi connectivity index (χ0v) is 13.3. The summed E-state index contributed by atoms with van der Waals surface area (Å²) in [6.45, 7) is 3.53. The first-order valence-corrected chi connectivity index (χ1v) is 7.82. The SMILES string of the molecule is Cc1cc(Cl)c(NCC2CCOc3ccccc32)cc1Cl. The third kappa shape index (κ3) is 3.12. The third-order valence-corrected chi connectivity index (χ3v) is 4.59. The number of fused-ring (bicyclic) bond motifs is 1. The maximum atomic E-state index is 6.27. The number of aryl methyl sites for hydroxylation is 1. The molecule has 0 aliphatic carbocycles. The molecule has 1 heterocycles. The second-order valence-corrected chi connectivity index (χ2v) is 6.15. The van der Waals surface area contributed by atoms with Crippen LogP contribution in [-0.2, 0) is 0 Å². The largest absolute Gasteiger partial charge is 0.493 e. The van der Waals surface area contributed by atoms with Gasteiger partial charge in [-0.2, -0.15) is 0 Å². The van der Waals surface area contributed by atoms with Gasteiger partial charge in [-0.1, -0.05) is 41.4 Å². The van der Waals surface area contributed by atoms with E-state index in [0.29, 0.717) is 10.9 Å². The Morgan fingerprint density at radius 3 is 2.86 bits per heavy atom. The Kier molecular flexibility index (Phi) is 4.27. The summed E-state index contributed by atoms with van der Waals surface area (Å²) in [5.41, 5.74) is 3.13. The number of hydrogen-bond donors (Lipinski definition) is 1. The molecule has 2 aromatic rings. The van der Waals surface area contributed by atoms with Crippen molar-refractivity contribution >= 4 is 28.9 Å². The van der Waals surface area contributed by atoms with Gasteiger partial charge in [0.1, 0.15) is 5.75 Å². The molecule has 2 aromatic carbocycles. The van der Waals surface area contributed by atoms with Crippen LogP contribution in [0.1, 0.15) is 23.5 Å². The van der Waals surface area contributed by atoms with Gasteiger partial charge in [-0.3, -0.25) is 0 Å². The summed E-state index contributed by atoms with van der Waals surface area (Å²) < 4.78 is 5.69. The van der Waals surface area contributed by atoms with E-state index >= 15 is 0 Å². The second-order valence-electron chi connectivity index (χ2n) is 5.33. The van der Waals surface area contributed by atoms with E-state index in [4.69, 9.17) is 27.9 Å². The van der Waals surface area contributed by atoms with Gasteiger partial charge in [0.05, 0.1) is 17.3 Å². The standard InChI is InChI=1S/C17H17Cl2NO/c1-11-8-15(19)16(9-14(11)18)20-10-12-6-7-21-17-5-3-2-4-13(12)17/h2-5,8-9,12,20H,6-7,10H2,1H3. The smallest absolute Gasteiger partial charge is 0.122 e. The number of benzene rings is 2. The van der Waals surface area contributed by atoms with Gasteiger partial charge in [0, 0.05) is 17.5 Å². The van der Waals surface area contributed by atoms with E-state index in [1.54, 1.807) is 0 Å². The molecule has 0 radical (unpaired) electrons. The Balaban J connectivity index is 1.76. The minimum absolute atomic E-state index is 0.422. The molecule has 2 nitrogen and oxygen atoms in total. The fourth-order valence-corrected chi connectivity index (χ4v) is 3.09. The van der Waals surface area contributed by atoms with Crippen LogP contribution >= 0.6 is 23.2 Å². The van der Waals surface area contributed by atoms with Gasteiger partial charge in [0.25, 0.3) is 0 Å². The minimum atomic E-state index is 0.422. The van der Waals surface area contributed by atoms with E-state index in [0.717, 1.165) is 41.6 Å². The fraction of sp³-hybridized carbons (Fsp3) is 0.294. The zero-order valence-electron chi connectivity index (χ0n) is 11.8. The molecule has 110 valence electrons. The van der Waals surface area contributed by atoms with Crippen molar-refractivity contribution < 1.29 is 4.74 Å². The van der Waals surface area contributed by atoms with Gasteiger partial charge in [0.2, 0.25) is 0 Å². The van der Waals surface area contributed by atoms with Crippen LogP contribution in [-0.4, -0.2) is 13.2 Å². The predicted molar refractivity (Wildman–Crippen MR) is 89.0 cm³/mol. The van der Waals surface area contributed by atoms with Crippen molar-refractivity contribution in [2.45, 2.75) is 19.3 Å². The fourth-order valence-electron chi connectivity index (χ4n) is 2.64. The summed E-state index contributed by atoms with van der Waals surface area (Å²) in [5.74, 6) is 1.41. The molecular weight excluding hydrogens is 305 g/mol. The van der Waals surface area contributed by atoms with Crippen molar-refractivity contribution in [2.24, 2.45) is 0 Å². The number of nitrogens with one attached hydrogen (secondary N) is 1. The van der Waals surface area contributed by atoms with E-state index in [9.17, 15) is 0 Å². The van der Waals surface area contributed by atoms with Crippen LogP contribution in [0.25, 0.3) is 0 Å². The average molecular weight is 322 g/mol. The molecule has 21 heavy (non-hydrogen) atoms. The lowest BCUT2D eigenvalue weighted by Crippen LogP contribution is -2.20. The first kappa shape index (κ1) is 14.6. The molecule has 0 saturated heterocycles. The molecule has 1 unspecified atom stereocenters. The Labute approximate surface area is 135 Å². The van der Waals surface area contributed by atoms with E-state index < -0.39 is 0 Å². The highest BCUT2D eigenvalue weighted by Gasteiger charge is 2.21. The first-order chi connectivity index (χ1) is 10.1. The summed E-state index contributed by atoms with van der Waals surface area (Å²) in [4.78, 5) is 0. The highest BCUT2D eigenvalue weighted by Crippen LogP contribution is 2.34. The maximum Gasteiger partial charge on any atom is 0.122 e. The quantitative estimate of drug-likeness (QED) is 0.830. The summed E-state index contributed by atoms with van der Waals surface area (Å²) >= 11 is 12.4. The van der Waals surface area contributed by atoms with Crippen molar-refractivity contribution in [3.05, 3.63) is 57.6 Å². The molecule has 0 spiro atoms. The third-order valence-electron chi connectivity index (χ3n) is 3.87. The minimum Gasteiger partial charge on any atom is -0.493 e. The van der Waals surface area contributed by atoms with E-state index in [2.05, 4.69) is 17.4 Å². The van der Waals surface area contributed by atoms with E-state index in [-0.39, 0.29) is 0 Å². The van der Waals surface area contributed by atoms with Gasteiger partial charge in [-0.15, -0.1) is 0 Å². The van der Waals surface area contributed by atoms with Crippen LogP contribution in [0.5, 0.6) is 5.75 Å². The molecule has 1 aliphatic heterocycles. The van der Waals surface area contributed by atoms with Gasteiger partial charge in [0.15, 0.2) is 0 Å². The molecule has 1 N–H and O–H groups in total. The number of hydrogen-bond acceptors (Lipinski definition) is 2. The van der Waals surface area contributed by atoms with Crippen molar-refractivity contribution in [2.75, 3.05) is 18.5 Å². The molecular formula is C17H17Cl2NO. The van der Waals surface area contributed by atoms with Crippen LogP contribution in [0, 0.1) is 6.92 Å². The van der Waals surface area contributed by atoms with Crippen molar-refractivity contribution in [3.63, 3.8) is 0 Å². The van der Waals surface area contributed by atoms with E-state index in [1.165, 1.54) is 5.56 Å². The number of ether oxygens (including phenoxy) is 1. The maximum absolute atomic E-state index is 6.27. The lowest BCUT2D eigenvalue weighted by Gasteiger charge is -2.26. The second kappa shape index (κ2) is 6.17. The Morgan fingerprint density at radius 2 is 2.00 bits per heavy atom. The number of anilines is 1. The predicted octanol–water partition coefficient (Wildman–Crippen LogP) is 5.28.